The summed E-state index contributed by atoms with van der Waals surface area (Å²) in [6.07, 6.45) is 4.80. The van der Waals surface area contributed by atoms with E-state index in [4.69, 9.17) is 5.21 Å². The standard InChI is InChI=1S/C13H16Br2N4O2/c1-2-3-4-10-13(16-6-11(20)18-21)19-7-8(14)5-9(15)12(19)17-10/h5,7,16,21H,2-4,6H2,1H3,(H,18,20). The Morgan fingerprint density at radius 1 is 1.48 bits per heavy atom. The highest BCUT2D eigenvalue weighted by molar-refractivity contribution is 9.11. The number of nitrogens with one attached hydrogen (secondary N) is 2. The first kappa shape index (κ1) is 16.3. The number of unbranched alkanes of at least 4 members (excludes halogenated alkanes) is 1. The molecule has 0 aromatic carbocycles. The van der Waals surface area contributed by atoms with E-state index in [9.17, 15) is 4.79 Å². The van der Waals surface area contributed by atoms with E-state index in [0.29, 0.717) is 0 Å². The molecule has 0 bridgehead atoms. The molecule has 0 saturated heterocycles. The maximum atomic E-state index is 11.2. The lowest BCUT2D eigenvalue weighted by Gasteiger charge is -2.08. The molecule has 2 heterocycles. The normalized spacial score (nSPS) is 10.9. The van der Waals surface area contributed by atoms with Gasteiger partial charge in [-0.1, -0.05) is 13.3 Å². The number of carbonyl (C=O) groups is 1. The highest BCUT2D eigenvalue weighted by atomic mass is 79.9. The Balaban J connectivity index is 2.43. The molecule has 0 saturated carbocycles. The lowest BCUT2D eigenvalue weighted by Crippen LogP contribution is -2.27. The number of nitrogens with zero attached hydrogens (tertiary/aromatic N) is 2. The number of hydrogen-bond acceptors (Lipinski definition) is 4. The van der Waals surface area contributed by atoms with E-state index in [1.54, 1.807) is 5.48 Å². The van der Waals surface area contributed by atoms with Gasteiger partial charge in [0.05, 0.1) is 16.7 Å². The zero-order valence-electron chi connectivity index (χ0n) is 11.5. The molecule has 0 aliphatic carbocycles. The third kappa shape index (κ3) is 3.75. The summed E-state index contributed by atoms with van der Waals surface area (Å²) in [6.45, 7) is 2.10. The van der Waals surface area contributed by atoms with Gasteiger partial charge in [0, 0.05) is 10.7 Å². The molecule has 0 fully saturated rings. The van der Waals surface area contributed by atoms with Gasteiger partial charge in [-0.2, -0.15) is 0 Å². The molecule has 0 aliphatic heterocycles. The van der Waals surface area contributed by atoms with Crippen LogP contribution in [0.1, 0.15) is 25.5 Å². The molecular weight excluding hydrogens is 404 g/mol. The average Bonchev–Trinajstić information content (AvgIpc) is 2.80. The molecular formula is C13H16Br2N4O2. The molecule has 0 aliphatic rings. The van der Waals surface area contributed by atoms with Crippen LogP contribution in [-0.4, -0.2) is 27.0 Å². The fourth-order valence-electron chi connectivity index (χ4n) is 2.03. The molecule has 114 valence electrons. The van der Waals surface area contributed by atoms with Crippen molar-refractivity contribution in [2.75, 3.05) is 11.9 Å². The van der Waals surface area contributed by atoms with E-state index < -0.39 is 5.91 Å². The van der Waals surface area contributed by atoms with Crippen molar-refractivity contribution < 1.29 is 10.0 Å². The van der Waals surface area contributed by atoms with Gasteiger partial charge in [-0.15, -0.1) is 0 Å². The number of imidazole rings is 1. The smallest absolute Gasteiger partial charge is 0.262 e. The number of carbonyl (C=O) groups excluding carboxylic acids is 1. The monoisotopic (exact) mass is 418 g/mol. The van der Waals surface area contributed by atoms with Gasteiger partial charge in [0.25, 0.3) is 5.91 Å². The number of anilines is 1. The Hall–Kier alpha value is -1.12. The quantitative estimate of drug-likeness (QED) is 0.496. The second-order valence-corrected chi connectivity index (χ2v) is 6.37. The minimum atomic E-state index is -0.500. The van der Waals surface area contributed by atoms with Crippen molar-refractivity contribution in [1.29, 1.82) is 0 Å². The van der Waals surface area contributed by atoms with Crippen molar-refractivity contribution in [2.45, 2.75) is 26.2 Å². The largest absolute Gasteiger partial charge is 0.360 e. The van der Waals surface area contributed by atoms with Crippen LogP contribution in [0.25, 0.3) is 5.65 Å². The number of hydrogen-bond donors (Lipinski definition) is 3. The maximum Gasteiger partial charge on any atom is 0.262 e. The average molecular weight is 420 g/mol. The number of hydroxylamine groups is 1. The lowest BCUT2D eigenvalue weighted by atomic mass is 10.2. The van der Waals surface area contributed by atoms with Gasteiger partial charge in [0.2, 0.25) is 0 Å². The molecule has 6 nitrogen and oxygen atoms in total. The van der Waals surface area contributed by atoms with E-state index in [1.807, 2.05) is 16.7 Å². The Morgan fingerprint density at radius 2 is 2.24 bits per heavy atom. The zero-order chi connectivity index (χ0) is 15.4. The fraction of sp³-hybridized carbons (Fsp3) is 0.385. The van der Waals surface area contributed by atoms with Gasteiger partial charge in [-0.3, -0.25) is 14.4 Å². The van der Waals surface area contributed by atoms with Crippen LogP contribution in [0.15, 0.2) is 21.2 Å². The number of amides is 1. The van der Waals surface area contributed by atoms with Crippen LogP contribution in [-0.2, 0) is 11.2 Å². The molecule has 2 rings (SSSR count). The van der Waals surface area contributed by atoms with Gasteiger partial charge in [-0.05, 0) is 50.8 Å². The number of aryl methyl sites for hydroxylation is 1. The van der Waals surface area contributed by atoms with E-state index in [1.165, 1.54) is 0 Å². The summed E-state index contributed by atoms with van der Waals surface area (Å²) in [4.78, 5) is 15.9. The van der Waals surface area contributed by atoms with Crippen LogP contribution < -0.4 is 10.8 Å². The van der Waals surface area contributed by atoms with Crippen molar-refractivity contribution in [3.8, 4) is 0 Å². The fourth-order valence-corrected chi connectivity index (χ4v) is 3.30. The number of aromatic nitrogens is 2. The van der Waals surface area contributed by atoms with Crippen LogP contribution in [0.3, 0.4) is 0 Å². The van der Waals surface area contributed by atoms with Crippen LogP contribution in [0.5, 0.6) is 0 Å². The van der Waals surface area contributed by atoms with Crippen LogP contribution >= 0.6 is 31.9 Å². The highest BCUT2D eigenvalue weighted by Crippen LogP contribution is 2.28. The van der Waals surface area contributed by atoms with Gasteiger partial charge in [0.15, 0.2) is 5.65 Å². The summed E-state index contributed by atoms with van der Waals surface area (Å²) in [7, 11) is 0. The minimum absolute atomic E-state index is 0.0203. The summed E-state index contributed by atoms with van der Waals surface area (Å²) in [5.41, 5.74) is 3.30. The molecule has 0 atom stereocenters. The molecule has 2 aromatic heterocycles. The van der Waals surface area contributed by atoms with Gasteiger partial charge < -0.3 is 5.32 Å². The van der Waals surface area contributed by atoms with E-state index in [0.717, 1.165) is 45.4 Å². The van der Waals surface area contributed by atoms with Crippen molar-refractivity contribution in [1.82, 2.24) is 14.9 Å². The predicted molar refractivity (Wildman–Crippen MR) is 87.6 cm³/mol. The second kappa shape index (κ2) is 7.24. The van der Waals surface area contributed by atoms with E-state index in [-0.39, 0.29) is 6.54 Å². The van der Waals surface area contributed by atoms with Crippen molar-refractivity contribution >= 4 is 49.2 Å². The SMILES string of the molecule is CCCCc1nc2c(Br)cc(Br)cn2c1NCC(=O)NO. The molecule has 0 radical (unpaired) electrons. The van der Waals surface area contributed by atoms with E-state index >= 15 is 0 Å². The van der Waals surface area contributed by atoms with Crippen molar-refractivity contribution in [3.63, 3.8) is 0 Å². The number of rotatable bonds is 6. The minimum Gasteiger partial charge on any atom is -0.360 e. The molecule has 0 unspecified atom stereocenters. The second-order valence-electron chi connectivity index (χ2n) is 4.60. The van der Waals surface area contributed by atoms with Gasteiger partial charge in [-0.25, -0.2) is 10.5 Å². The Labute approximate surface area is 139 Å². The van der Waals surface area contributed by atoms with Gasteiger partial charge in [0.1, 0.15) is 5.82 Å². The summed E-state index contributed by atoms with van der Waals surface area (Å²) in [6, 6.07) is 1.93. The molecule has 3 N–H and O–H groups in total. The number of fused-ring (bicyclic) bond motifs is 1. The number of halogens is 2. The molecule has 21 heavy (non-hydrogen) atoms. The zero-order valence-corrected chi connectivity index (χ0v) is 14.7. The molecule has 0 spiro atoms. The van der Waals surface area contributed by atoms with Gasteiger partial charge >= 0.3 is 0 Å². The van der Waals surface area contributed by atoms with Crippen LogP contribution in [0.2, 0.25) is 0 Å². The van der Waals surface area contributed by atoms with Crippen molar-refractivity contribution in [3.05, 3.63) is 26.9 Å². The first-order valence-corrected chi connectivity index (χ1v) is 8.18. The number of pyridine rings is 1. The summed E-state index contributed by atoms with van der Waals surface area (Å²) >= 11 is 6.94. The Bertz CT molecular complexity index is 657. The summed E-state index contributed by atoms with van der Waals surface area (Å²) < 4.78 is 3.66. The lowest BCUT2D eigenvalue weighted by molar-refractivity contribution is -0.127. The first-order chi connectivity index (χ1) is 10.1. The van der Waals surface area contributed by atoms with E-state index in [2.05, 4.69) is 49.1 Å². The van der Waals surface area contributed by atoms with Crippen LogP contribution in [0.4, 0.5) is 5.82 Å². The highest BCUT2D eigenvalue weighted by Gasteiger charge is 2.15. The summed E-state index contributed by atoms with van der Waals surface area (Å²) in [5, 5.41) is 11.6. The van der Waals surface area contributed by atoms with Crippen molar-refractivity contribution in [2.24, 2.45) is 0 Å². The first-order valence-electron chi connectivity index (χ1n) is 6.59. The third-order valence-corrected chi connectivity index (χ3v) is 4.04. The molecule has 2 aromatic rings. The Kier molecular flexibility index (Phi) is 5.60. The third-order valence-electron chi connectivity index (χ3n) is 3.02. The maximum absolute atomic E-state index is 11.2. The predicted octanol–water partition coefficient (Wildman–Crippen LogP) is 3.12. The topological polar surface area (TPSA) is 78.7 Å². The summed E-state index contributed by atoms with van der Waals surface area (Å²) in [5.74, 6) is 0.268. The Morgan fingerprint density at radius 3 is 2.90 bits per heavy atom. The molecule has 8 heteroatoms. The van der Waals surface area contributed by atoms with Crippen LogP contribution in [0, 0.1) is 0 Å². The molecule has 1 amide bonds.